The molecule has 172 valence electrons. The van der Waals surface area contributed by atoms with E-state index in [1.54, 1.807) is 41.3 Å². The monoisotopic (exact) mass is 474 g/mol. The highest BCUT2D eigenvalue weighted by Crippen LogP contribution is 2.34. The lowest BCUT2D eigenvalue weighted by molar-refractivity contribution is -0.132. The molecule has 0 fully saturated rings. The summed E-state index contributed by atoms with van der Waals surface area (Å²) < 4.78 is 7.10. The summed E-state index contributed by atoms with van der Waals surface area (Å²) in [5.74, 6) is 0.356. The normalized spacial score (nSPS) is 12.5. The standard InChI is InChI=1S/C24H22N6O3S/c1-15-10-17(16-6-3-4-7-20(16)33-2)18(11-25-15)23(32)28-24-27-19-12-29(13-21(19)34-24)22(31)14-30-9-5-8-26-30/h3-11H,12-14H2,1-2H3,(H,27,28,32). The van der Waals surface area contributed by atoms with E-state index in [2.05, 4.69) is 20.4 Å². The fraction of sp³-hybridized carbons (Fsp3) is 0.208. The number of amides is 2. The molecule has 9 nitrogen and oxygen atoms in total. The Morgan fingerprint density at radius 1 is 1.18 bits per heavy atom. The summed E-state index contributed by atoms with van der Waals surface area (Å²) in [6, 6.07) is 11.2. The molecular weight excluding hydrogens is 452 g/mol. The Bertz CT molecular complexity index is 1340. The molecule has 0 bridgehead atoms. The van der Waals surface area contributed by atoms with Crippen LogP contribution >= 0.6 is 11.3 Å². The van der Waals surface area contributed by atoms with Crippen LogP contribution in [0.3, 0.4) is 0 Å². The average molecular weight is 475 g/mol. The van der Waals surface area contributed by atoms with Gasteiger partial charge >= 0.3 is 0 Å². The van der Waals surface area contributed by atoms with Gasteiger partial charge in [-0.05, 0) is 25.1 Å². The first-order chi connectivity index (χ1) is 16.5. The van der Waals surface area contributed by atoms with Gasteiger partial charge in [-0.25, -0.2) is 4.98 Å². The molecule has 4 heterocycles. The summed E-state index contributed by atoms with van der Waals surface area (Å²) in [6.07, 6.45) is 4.98. The molecule has 0 unspecified atom stereocenters. The minimum absolute atomic E-state index is 0.0216. The molecule has 34 heavy (non-hydrogen) atoms. The molecule has 10 heteroatoms. The molecule has 2 amide bonds. The molecule has 0 atom stereocenters. The number of ether oxygens (including phenoxy) is 1. The maximum atomic E-state index is 13.2. The van der Waals surface area contributed by atoms with Crippen molar-refractivity contribution in [2.24, 2.45) is 0 Å². The quantitative estimate of drug-likeness (QED) is 0.459. The van der Waals surface area contributed by atoms with Crippen LogP contribution in [-0.4, -0.2) is 43.6 Å². The van der Waals surface area contributed by atoms with E-state index in [4.69, 9.17) is 4.74 Å². The Morgan fingerprint density at radius 3 is 2.79 bits per heavy atom. The fourth-order valence-electron chi connectivity index (χ4n) is 3.90. The smallest absolute Gasteiger partial charge is 0.259 e. The highest BCUT2D eigenvalue weighted by atomic mass is 32.1. The van der Waals surface area contributed by atoms with Crippen molar-refractivity contribution in [2.45, 2.75) is 26.6 Å². The summed E-state index contributed by atoms with van der Waals surface area (Å²) in [6.45, 7) is 2.96. The lowest BCUT2D eigenvalue weighted by atomic mass is 9.99. The number of fused-ring (bicyclic) bond motifs is 1. The fourth-order valence-corrected chi connectivity index (χ4v) is 4.88. The zero-order valence-electron chi connectivity index (χ0n) is 18.7. The van der Waals surface area contributed by atoms with Gasteiger partial charge in [0.05, 0.1) is 36.3 Å². The van der Waals surface area contributed by atoms with Crippen molar-refractivity contribution in [1.29, 1.82) is 0 Å². The average Bonchev–Trinajstić information content (AvgIpc) is 3.56. The Hall–Kier alpha value is -4.05. The second-order valence-electron chi connectivity index (χ2n) is 7.87. The maximum Gasteiger partial charge on any atom is 0.259 e. The summed E-state index contributed by atoms with van der Waals surface area (Å²) in [5, 5.41) is 7.49. The number of para-hydroxylation sites is 1. The first-order valence-corrected chi connectivity index (χ1v) is 11.5. The lowest BCUT2D eigenvalue weighted by Gasteiger charge is -2.15. The molecule has 4 aromatic rings. The van der Waals surface area contributed by atoms with Crippen LogP contribution in [0, 0.1) is 6.92 Å². The van der Waals surface area contributed by atoms with E-state index in [0.29, 0.717) is 29.5 Å². The van der Waals surface area contributed by atoms with Crippen molar-refractivity contribution in [3.63, 3.8) is 0 Å². The van der Waals surface area contributed by atoms with Crippen LogP contribution in [0.4, 0.5) is 5.13 Å². The van der Waals surface area contributed by atoms with E-state index in [-0.39, 0.29) is 18.4 Å². The summed E-state index contributed by atoms with van der Waals surface area (Å²) in [4.78, 5) is 37.3. The van der Waals surface area contributed by atoms with Crippen LogP contribution in [-0.2, 0) is 24.4 Å². The number of aromatic nitrogens is 4. The molecule has 0 radical (unpaired) electrons. The number of aryl methyl sites for hydroxylation is 1. The topological polar surface area (TPSA) is 102 Å². The van der Waals surface area contributed by atoms with E-state index in [1.165, 1.54) is 11.3 Å². The Kier molecular flexibility index (Phi) is 5.81. The number of benzene rings is 1. The number of hydrogen-bond donors (Lipinski definition) is 1. The molecular formula is C24H22N6O3S. The summed E-state index contributed by atoms with van der Waals surface area (Å²) in [5.41, 5.74) is 3.59. The van der Waals surface area contributed by atoms with Gasteiger partial charge in [-0.15, -0.1) is 0 Å². The molecule has 5 rings (SSSR count). The molecule has 1 aliphatic rings. The van der Waals surface area contributed by atoms with E-state index in [0.717, 1.165) is 27.4 Å². The van der Waals surface area contributed by atoms with Crippen LogP contribution in [0.1, 0.15) is 26.6 Å². The van der Waals surface area contributed by atoms with Crippen molar-refractivity contribution < 1.29 is 14.3 Å². The van der Waals surface area contributed by atoms with Crippen LogP contribution in [0.15, 0.2) is 55.0 Å². The van der Waals surface area contributed by atoms with Gasteiger partial charge in [-0.2, -0.15) is 5.10 Å². The third-order valence-electron chi connectivity index (χ3n) is 5.57. The van der Waals surface area contributed by atoms with E-state index >= 15 is 0 Å². The van der Waals surface area contributed by atoms with Crippen molar-refractivity contribution >= 4 is 28.3 Å². The van der Waals surface area contributed by atoms with E-state index in [1.807, 2.05) is 37.3 Å². The number of methoxy groups -OCH3 is 1. The molecule has 3 aromatic heterocycles. The van der Waals surface area contributed by atoms with Crippen molar-refractivity contribution in [1.82, 2.24) is 24.6 Å². The first kappa shape index (κ1) is 21.8. The van der Waals surface area contributed by atoms with E-state index < -0.39 is 0 Å². The highest BCUT2D eigenvalue weighted by Gasteiger charge is 2.28. The van der Waals surface area contributed by atoms with Gasteiger partial charge in [0.15, 0.2) is 5.13 Å². The number of thiazole rings is 1. The maximum absolute atomic E-state index is 13.2. The molecule has 0 saturated carbocycles. The molecule has 1 aromatic carbocycles. The Balaban J connectivity index is 1.32. The largest absolute Gasteiger partial charge is 0.496 e. The second kappa shape index (κ2) is 9.06. The number of rotatable bonds is 6. The number of anilines is 1. The zero-order valence-corrected chi connectivity index (χ0v) is 19.5. The third kappa shape index (κ3) is 4.27. The second-order valence-corrected chi connectivity index (χ2v) is 8.95. The summed E-state index contributed by atoms with van der Waals surface area (Å²) in [7, 11) is 1.60. The Morgan fingerprint density at radius 2 is 2.03 bits per heavy atom. The van der Waals surface area contributed by atoms with E-state index in [9.17, 15) is 9.59 Å². The molecule has 0 aliphatic carbocycles. The minimum atomic E-state index is -0.299. The lowest BCUT2D eigenvalue weighted by Crippen LogP contribution is -2.29. The van der Waals surface area contributed by atoms with Gasteiger partial charge in [-0.1, -0.05) is 29.5 Å². The van der Waals surface area contributed by atoms with Gasteiger partial charge in [0.2, 0.25) is 5.91 Å². The predicted octanol–water partition coefficient (Wildman–Crippen LogP) is 3.51. The molecule has 0 spiro atoms. The van der Waals surface area contributed by atoms with Crippen LogP contribution in [0.25, 0.3) is 11.1 Å². The number of carbonyl (C=O) groups excluding carboxylic acids is 2. The van der Waals surface area contributed by atoms with Crippen molar-refractivity contribution in [3.8, 4) is 16.9 Å². The van der Waals surface area contributed by atoms with Gasteiger partial charge < -0.3 is 9.64 Å². The van der Waals surface area contributed by atoms with Crippen LogP contribution < -0.4 is 10.1 Å². The van der Waals surface area contributed by atoms with Crippen molar-refractivity contribution in [2.75, 3.05) is 12.4 Å². The summed E-state index contributed by atoms with van der Waals surface area (Å²) >= 11 is 1.38. The SMILES string of the molecule is COc1ccccc1-c1cc(C)ncc1C(=O)Nc1nc2c(s1)CN(C(=O)Cn1cccn1)C2. The minimum Gasteiger partial charge on any atom is -0.496 e. The van der Waals surface area contributed by atoms with Gasteiger partial charge in [0.25, 0.3) is 5.91 Å². The number of nitrogens with one attached hydrogen (secondary N) is 1. The zero-order chi connectivity index (χ0) is 23.7. The van der Waals surface area contributed by atoms with Crippen LogP contribution in [0.5, 0.6) is 5.75 Å². The van der Waals surface area contributed by atoms with Crippen LogP contribution in [0.2, 0.25) is 0 Å². The molecule has 1 N–H and O–H groups in total. The van der Waals surface area contributed by atoms with Gasteiger partial charge in [0.1, 0.15) is 12.3 Å². The number of nitrogens with zero attached hydrogens (tertiary/aromatic N) is 5. The van der Waals surface area contributed by atoms with Gasteiger partial charge in [-0.3, -0.25) is 24.6 Å². The Labute approximate surface area is 200 Å². The predicted molar refractivity (Wildman–Crippen MR) is 128 cm³/mol. The van der Waals surface area contributed by atoms with Crippen molar-refractivity contribution in [3.05, 3.63) is 76.8 Å². The number of hydrogen-bond acceptors (Lipinski definition) is 7. The molecule has 0 saturated heterocycles. The van der Waals surface area contributed by atoms with Gasteiger partial charge in [0, 0.05) is 35.4 Å². The third-order valence-corrected chi connectivity index (χ3v) is 6.56. The highest BCUT2D eigenvalue weighted by molar-refractivity contribution is 7.16. The number of carbonyl (C=O) groups is 2. The first-order valence-electron chi connectivity index (χ1n) is 10.7. The molecule has 1 aliphatic heterocycles. The number of pyridine rings is 1.